The second-order valence-corrected chi connectivity index (χ2v) is 5.52. The highest BCUT2D eigenvalue weighted by Crippen LogP contribution is 2.13. The van der Waals surface area contributed by atoms with Gasteiger partial charge < -0.3 is 10.2 Å². The molecule has 1 unspecified atom stereocenters. The van der Waals surface area contributed by atoms with E-state index in [2.05, 4.69) is 22.0 Å². The summed E-state index contributed by atoms with van der Waals surface area (Å²) in [4.78, 5) is 16.6. The van der Waals surface area contributed by atoms with Gasteiger partial charge in [-0.25, -0.2) is 0 Å². The van der Waals surface area contributed by atoms with Gasteiger partial charge in [0.25, 0.3) is 0 Å². The van der Waals surface area contributed by atoms with Crippen molar-refractivity contribution >= 4 is 5.91 Å². The molecule has 0 spiro atoms. The van der Waals surface area contributed by atoms with Crippen LogP contribution < -0.4 is 5.32 Å². The van der Waals surface area contributed by atoms with Crippen molar-refractivity contribution in [3.8, 4) is 0 Å². The highest BCUT2D eigenvalue weighted by molar-refractivity contribution is 5.76. The summed E-state index contributed by atoms with van der Waals surface area (Å²) in [5.41, 5.74) is 0. The molecule has 2 fully saturated rings. The van der Waals surface area contributed by atoms with Crippen LogP contribution >= 0.6 is 0 Å². The van der Waals surface area contributed by atoms with Gasteiger partial charge in [0.15, 0.2) is 0 Å². The zero-order valence-electron chi connectivity index (χ0n) is 11.7. The van der Waals surface area contributed by atoms with E-state index in [1.54, 1.807) is 0 Å². The Morgan fingerprint density at radius 1 is 1.22 bits per heavy atom. The molecule has 2 heterocycles. The van der Waals surface area contributed by atoms with Crippen LogP contribution in [0.4, 0.5) is 0 Å². The second kappa shape index (κ2) is 7.10. The van der Waals surface area contributed by atoms with Gasteiger partial charge in [0.1, 0.15) is 0 Å². The van der Waals surface area contributed by atoms with Crippen molar-refractivity contribution in [2.24, 2.45) is 0 Å². The molecule has 2 aliphatic heterocycles. The van der Waals surface area contributed by atoms with Gasteiger partial charge in [-0.05, 0) is 19.4 Å². The van der Waals surface area contributed by atoms with Crippen LogP contribution in [-0.4, -0.2) is 61.0 Å². The minimum absolute atomic E-state index is 0.368. The molecule has 0 bridgehead atoms. The Bertz CT molecular complexity index is 256. The van der Waals surface area contributed by atoms with Crippen molar-refractivity contribution in [3.63, 3.8) is 0 Å². The molecule has 0 aliphatic carbocycles. The summed E-state index contributed by atoms with van der Waals surface area (Å²) >= 11 is 0. The third-order valence-corrected chi connectivity index (χ3v) is 4.21. The number of unbranched alkanes of at least 4 members (excludes halogenated alkanes) is 2. The summed E-state index contributed by atoms with van der Waals surface area (Å²) in [5, 5.41) is 3.42. The van der Waals surface area contributed by atoms with Gasteiger partial charge >= 0.3 is 0 Å². The lowest BCUT2D eigenvalue weighted by Gasteiger charge is -2.37. The smallest absolute Gasteiger partial charge is 0.222 e. The molecular weight excluding hydrogens is 226 g/mol. The first-order chi connectivity index (χ1) is 8.81. The Hall–Kier alpha value is -0.610. The number of nitrogens with one attached hydrogen (secondary N) is 1. The van der Waals surface area contributed by atoms with E-state index in [1.807, 2.05) is 0 Å². The van der Waals surface area contributed by atoms with Gasteiger partial charge in [-0.1, -0.05) is 19.8 Å². The minimum Gasteiger partial charge on any atom is -0.340 e. The number of carbonyl (C=O) groups is 1. The molecular formula is C14H27N3O. The Kier molecular flexibility index (Phi) is 5.45. The molecule has 4 heteroatoms. The van der Waals surface area contributed by atoms with Crippen LogP contribution in [0, 0.1) is 0 Å². The van der Waals surface area contributed by atoms with Gasteiger partial charge in [-0.15, -0.1) is 0 Å². The molecule has 0 radical (unpaired) electrons. The molecule has 0 saturated carbocycles. The fraction of sp³-hybridized carbons (Fsp3) is 0.929. The zero-order valence-corrected chi connectivity index (χ0v) is 11.7. The van der Waals surface area contributed by atoms with Crippen LogP contribution in [0.15, 0.2) is 0 Å². The van der Waals surface area contributed by atoms with Gasteiger partial charge in [-0.3, -0.25) is 9.69 Å². The summed E-state index contributed by atoms with van der Waals surface area (Å²) in [6, 6.07) is 0.711. The summed E-state index contributed by atoms with van der Waals surface area (Å²) in [6.07, 6.45) is 5.44. The minimum atomic E-state index is 0.368. The lowest BCUT2D eigenvalue weighted by atomic mass is 10.1. The Labute approximate surface area is 111 Å². The highest BCUT2D eigenvalue weighted by Gasteiger charge is 2.27. The molecule has 2 rings (SSSR count). The largest absolute Gasteiger partial charge is 0.340 e. The van der Waals surface area contributed by atoms with E-state index in [1.165, 1.54) is 19.3 Å². The maximum atomic E-state index is 12.0. The van der Waals surface area contributed by atoms with Crippen LogP contribution in [0.5, 0.6) is 0 Å². The van der Waals surface area contributed by atoms with Crippen molar-refractivity contribution in [3.05, 3.63) is 0 Å². The first-order valence-corrected chi connectivity index (χ1v) is 7.54. The van der Waals surface area contributed by atoms with E-state index in [-0.39, 0.29) is 0 Å². The fourth-order valence-corrected chi connectivity index (χ4v) is 2.97. The van der Waals surface area contributed by atoms with E-state index in [4.69, 9.17) is 0 Å². The SMILES string of the molecule is CCCCCC(=O)N1CCN(C2CCNC2)CC1. The summed E-state index contributed by atoms with van der Waals surface area (Å²) in [6.45, 7) is 8.45. The van der Waals surface area contributed by atoms with Gasteiger partial charge in [0.2, 0.25) is 5.91 Å². The molecule has 18 heavy (non-hydrogen) atoms. The molecule has 2 saturated heterocycles. The van der Waals surface area contributed by atoms with E-state index in [9.17, 15) is 4.79 Å². The molecule has 4 nitrogen and oxygen atoms in total. The third-order valence-electron chi connectivity index (χ3n) is 4.21. The van der Waals surface area contributed by atoms with Crippen molar-refractivity contribution in [1.82, 2.24) is 15.1 Å². The first kappa shape index (κ1) is 13.8. The number of hydrogen-bond donors (Lipinski definition) is 1. The van der Waals surface area contributed by atoms with Gasteiger partial charge in [-0.2, -0.15) is 0 Å². The molecule has 1 atom stereocenters. The number of amides is 1. The quantitative estimate of drug-likeness (QED) is 0.745. The predicted octanol–water partition coefficient (Wildman–Crippen LogP) is 1.07. The Morgan fingerprint density at radius 2 is 2.00 bits per heavy atom. The summed E-state index contributed by atoms with van der Waals surface area (Å²) in [7, 11) is 0. The Morgan fingerprint density at radius 3 is 2.61 bits per heavy atom. The fourth-order valence-electron chi connectivity index (χ4n) is 2.97. The summed E-state index contributed by atoms with van der Waals surface area (Å²) < 4.78 is 0. The lowest BCUT2D eigenvalue weighted by Crippen LogP contribution is -2.52. The van der Waals surface area contributed by atoms with Crippen molar-refractivity contribution < 1.29 is 4.79 Å². The third kappa shape index (κ3) is 3.69. The van der Waals surface area contributed by atoms with E-state index >= 15 is 0 Å². The highest BCUT2D eigenvalue weighted by atomic mass is 16.2. The predicted molar refractivity (Wildman–Crippen MR) is 73.6 cm³/mol. The molecule has 0 aromatic rings. The first-order valence-electron chi connectivity index (χ1n) is 7.54. The number of hydrogen-bond acceptors (Lipinski definition) is 3. The van der Waals surface area contributed by atoms with Crippen molar-refractivity contribution in [2.75, 3.05) is 39.3 Å². The monoisotopic (exact) mass is 253 g/mol. The number of piperazine rings is 1. The molecule has 0 aromatic heterocycles. The Balaban J connectivity index is 1.67. The average Bonchev–Trinajstić information content (AvgIpc) is 2.93. The van der Waals surface area contributed by atoms with Crippen molar-refractivity contribution in [2.45, 2.75) is 45.1 Å². The summed E-state index contributed by atoms with van der Waals surface area (Å²) in [5.74, 6) is 0.368. The number of carbonyl (C=O) groups excluding carboxylic acids is 1. The second-order valence-electron chi connectivity index (χ2n) is 5.52. The lowest BCUT2D eigenvalue weighted by molar-refractivity contribution is -0.133. The van der Waals surface area contributed by atoms with Crippen LogP contribution in [-0.2, 0) is 4.79 Å². The van der Waals surface area contributed by atoms with E-state index < -0.39 is 0 Å². The molecule has 1 amide bonds. The zero-order chi connectivity index (χ0) is 12.8. The number of rotatable bonds is 5. The molecule has 1 N–H and O–H groups in total. The molecule has 0 aromatic carbocycles. The average molecular weight is 253 g/mol. The van der Waals surface area contributed by atoms with Crippen LogP contribution in [0.2, 0.25) is 0 Å². The molecule has 2 aliphatic rings. The van der Waals surface area contributed by atoms with Crippen molar-refractivity contribution in [1.29, 1.82) is 0 Å². The maximum Gasteiger partial charge on any atom is 0.222 e. The van der Waals surface area contributed by atoms with Crippen LogP contribution in [0.3, 0.4) is 0 Å². The van der Waals surface area contributed by atoms with E-state index in [0.29, 0.717) is 11.9 Å². The van der Waals surface area contributed by atoms with Crippen LogP contribution in [0.25, 0.3) is 0 Å². The standard InChI is InChI=1S/C14H27N3O/c1-2-3-4-5-14(18)17-10-8-16(9-11-17)13-6-7-15-12-13/h13,15H,2-12H2,1H3. The number of nitrogens with zero attached hydrogens (tertiary/aromatic N) is 2. The van der Waals surface area contributed by atoms with Gasteiger partial charge in [0, 0.05) is 45.2 Å². The van der Waals surface area contributed by atoms with E-state index in [0.717, 1.165) is 52.1 Å². The van der Waals surface area contributed by atoms with Gasteiger partial charge in [0.05, 0.1) is 0 Å². The normalized spacial score (nSPS) is 25.6. The molecule has 104 valence electrons. The topological polar surface area (TPSA) is 35.6 Å². The maximum absolute atomic E-state index is 12.0. The van der Waals surface area contributed by atoms with Crippen LogP contribution in [0.1, 0.15) is 39.0 Å².